The lowest BCUT2D eigenvalue weighted by atomic mass is 10.1. The second-order valence-corrected chi connectivity index (χ2v) is 4.01. The summed E-state index contributed by atoms with van der Waals surface area (Å²) in [6.07, 6.45) is 5.99. The van der Waals surface area contributed by atoms with Gasteiger partial charge in [-0.05, 0) is 6.42 Å². The van der Waals surface area contributed by atoms with E-state index in [2.05, 4.69) is 11.7 Å². The summed E-state index contributed by atoms with van der Waals surface area (Å²) in [5.74, 6) is -0.634. The summed E-state index contributed by atoms with van der Waals surface area (Å²) < 4.78 is 14.3. The number of rotatable bonds is 11. The van der Waals surface area contributed by atoms with Crippen LogP contribution in [0.5, 0.6) is 0 Å². The van der Waals surface area contributed by atoms with E-state index in [1.165, 1.54) is 26.4 Å². The monoisotopic (exact) mass is 260 g/mol. The topological polar surface area (TPSA) is 61.8 Å². The van der Waals surface area contributed by atoms with Crippen LogP contribution < -0.4 is 0 Å². The lowest BCUT2D eigenvalue weighted by Gasteiger charge is -2.05. The number of unbranched alkanes of at least 4 members (excludes halogenated alkanes) is 4. The summed E-state index contributed by atoms with van der Waals surface area (Å²) in [4.78, 5) is 21.9. The average molecular weight is 260 g/mol. The normalized spacial score (nSPS) is 10.1. The van der Waals surface area contributed by atoms with Crippen LogP contribution in [0, 0.1) is 0 Å². The van der Waals surface area contributed by atoms with E-state index >= 15 is 0 Å². The highest BCUT2D eigenvalue weighted by Gasteiger charge is 2.03. The van der Waals surface area contributed by atoms with Gasteiger partial charge < -0.3 is 14.2 Å². The summed E-state index contributed by atoms with van der Waals surface area (Å²) in [5.41, 5.74) is 0. The lowest BCUT2D eigenvalue weighted by molar-refractivity contribution is -0.149. The third-order valence-electron chi connectivity index (χ3n) is 2.42. The van der Waals surface area contributed by atoms with Crippen molar-refractivity contribution in [2.75, 3.05) is 26.9 Å². The molecule has 0 saturated heterocycles. The Morgan fingerprint density at radius 2 is 1.67 bits per heavy atom. The molecule has 0 atom stereocenters. The first-order chi connectivity index (χ1) is 8.70. The number of hydrogen-bond donors (Lipinski definition) is 0. The van der Waals surface area contributed by atoms with Crippen LogP contribution in [0.2, 0.25) is 0 Å². The first kappa shape index (κ1) is 16.9. The van der Waals surface area contributed by atoms with Crippen LogP contribution in [0.3, 0.4) is 0 Å². The maximum absolute atomic E-state index is 11.3. The van der Waals surface area contributed by atoms with E-state index in [4.69, 9.17) is 9.47 Å². The maximum atomic E-state index is 11.3. The van der Waals surface area contributed by atoms with Gasteiger partial charge in [-0.2, -0.15) is 0 Å². The number of carbonyl (C=O) groups is 2. The van der Waals surface area contributed by atoms with Gasteiger partial charge in [-0.15, -0.1) is 0 Å². The Kier molecular flexibility index (Phi) is 11.6. The summed E-state index contributed by atoms with van der Waals surface area (Å²) in [6.45, 7) is 2.45. The van der Waals surface area contributed by atoms with E-state index in [0.29, 0.717) is 6.42 Å². The van der Waals surface area contributed by atoms with E-state index in [0.717, 1.165) is 12.8 Å². The van der Waals surface area contributed by atoms with Gasteiger partial charge in [0.1, 0.15) is 13.2 Å². The summed E-state index contributed by atoms with van der Waals surface area (Å²) >= 11 is 0. The quantitative estimate of drug-likeness (QED) is 0.420. The predicted octanol–water partition coefficient (Wildman–Crippen LogP) is 2.08. The molecule has 5 nitrogen and oxygen atoms in total. The molecule has 0 fully saturated rings. The molecule has 0 rings (SSSR count). The molecule has 0 bridgehead atoms. The van der Waals surface area contributed by atoms with Crippen LogP contribution in [0.1, 0.15) is 45.4 Å². The van der Waals surface area contributed by atoms with E-state index in [-0.39, 0.29) is 25.8 Å². The molecule has 0 unspecified atom stereocenters. The zero-order valence-electron chi connectivity index (χ0n) is 11.4. The van der Waals surface area contributed by atoms with Gasteiger partial charge in [-0.25, -0.2) is 4.79 Å². The Hall–Kier alpha value is -1.10. The molecule has 0 saturated carbocycles. The molecule has 0 aromatic rings. The maximum Gasteiger partial charge on any atom is 0.331 e. The molecule has 0 aromatic carbocycles. The van der Waals surface area contributed by atoms with Crippen LogP contribution in [0.15, 0.2) is 0 Å². The molecule has 106 valence electrons. The highest BCUT2D eigenvalue weighted by Crippen LogP contribution is 2.05. The Morgan fingerprint density at radius 1 is 0.944 bits per heavy atom. The van der Waals surface area contributed by atoms with Gasteiger partial charge in [0, 0.05) is 6.42 Å². The Morgan fingerprint density at radius 3 is 2.33 bits per heavy atom. The van der Waals surface area contributed by atoms with E-state index in [1.807, 2.05) is 0 Å². The number of methoxy groups -OCH3 is 1. The Balaban J connectivity index is 3.24. The molecule has 0 heterocycles. The molecule has 0 spiro atoms. The third kappa shape index (κ3) is 11.4. The minimum absolute atomic E-state index is 0.106. The van der Waals surface area contributed by atoms with E-state index in [1.54, 1.807) is 0 Å². The largest absolute Gasteiger partial charge is 0.467 e. The molecular weight excluding hydrogens is 236 g/mol. The Labute approximate surface area is 109 Å². The van der Waals surface area contributed by atoms with Gasteiger partial charge in [-0.3, -0.25) is 4.79 Å². The fourth-order valence-electron chi connectivity index (χ4n) is 1.37. The van der Waals surface area contributed by atoms with Crippen molar-refractivity contribution in [3.05, 3.63) is 0 Å². The van der Waals surface area contributed by atoms with Gasteiger partial charge in [0.05, 0.1) is 13.7 Å². The predicted molar refractivity (Wildman–Crippen MR) is 67.2 cm³/mol. The van der Waals surface area contributed by atoms with Crippen molar-refractivity contribution >= 4 is 11.9 Å². The van der Waals surface area contributed by atoms with Crippen LogP contribution in [-0.2, 0) is 23.8 Å². The zero-order valence-corrected chi connectivity index (χ0v) is 11.4. The van der Waals surface area contributed by atoms with E-state index < -0.39 is 5.97 Å². The van der Waals surface area contributed by atoms with E-state index in [9.17, 15) is 9.59 Å². The molecule has 0 radical (unpaired) electrons. The molecule has 18 heavy (non-hydrogen) atoms. The standard InChI is InChI=1S/C13H24O5/c1-3-4-5-6-7-8-12(14)18-10-9-17-11-13(15)16-2/h3-11H2,1-2H3. The highest BCUT2D eigenvalue weighted by atomic mass is 16.6. The average Bonchev–Trinajstić information content (AvgIpc) is 2.37. The first-order valence-electron chi connectivity index (χ1n) is 6.50. The van der Waals surface area contributed by atoms with Crippen molar-refractivity contribution in [2.45, 2.75) is 45.4 Å². The molecule has 0 aliphatic rings. The second kappa shape index (κ2) is 12.4. The molecule has 0 N–H and O–H groups in total. The van der Waals surface area contributed by atoms with Gasteiger partial charge in [0.25, 0.3) is 0 Å². The summed E-state index contributed by atoms with van der Waals surface area (Å²) in [7, 11) is 1.30. The van der Waals surface area contributed by atoms with Gasteiger partial charge in [0.2, 0.25) is 0 Å². The minimum atomic E-state index is -0.433. The Bertz CT molecular complexity index is 227. The molecule has 0 aliphatic carbocycles. The summed E-state index contributed by atoms with van der Waals surface area (Å²) in [6, 6.07) is 0. The van der Waals surface area contributed by atoms with Crippen LogP contribution in [0.4, 0.5) is 0 Å². The smallest absolute Gasteiger partial charge is 0.331 e. The molecular formula is C13H24O5. The van der Waals surface area contributed by atoms with Crippen molar-refractivity contribution < 1.29 is 23.8 Å². The molecule has 0 amide bonds. The zero-order chi connectivity index (χ0) is 13.6. The van der Waals surface area contributed by atoms with Crippen molar-refractivity contribution in [1.29, 1.82) is 0 Å². The van der Waals surface area contributed by atoms with Crippen molar-refractivity contribution in [2.24, 2.45) is 0 Å². The van der Waals surface area contributed by atoms with Crippen LogP contribution >= 0.6 is 0 Å². The van der Waals surface area contributed by atoms with Gasteiger partial charge in [-0.1, -0.05) is 32.6 Å². The number of hydrogen-bond acceptors (Lipinski definition) is 5. The van der Waals surface area contributed by atoms with Crippen molar-refractivity contribution in [3.8, 4) is 0 Å². The molecule has 0 aromatic heterocycles. The highest BCUT2D eigenvalue weighted by molar-refractivity contribution is 5.70. The number of ether oxygens (including phenoxy) is 3. The van der Waals surface area contributed by atoms with Crippen LogP contribution in [-0.4, -0.2) is 38.9 Å². The number of esters is 2. The SMILES string of the molecule is CCCCCCCC(=O)OCCOCC(=O)OC. The lowest BCUT2D eigenvalue weighted by Crippen LogP contribution is -2.15. The second-order valence-electron chi connectivity index (χ2n) is 4.01. The third-order valence-corrected chi connectivity index (χ3v) is 2.42. The van der Waals surface area contributed by atoms with Crippen molar-refractivity contribution in [1.82, 2.24) is 0 Å². The minimum Gasteiger partial charge on any atom is -0.467 e. The fraction of sp³-hybridized carbons (Fsp3) is 0.846. The molecule has 0 aliphatic heterocycles. The van der Waals surface area contributed by atoms with Gasteiger partial charge >= 0.3 is 11.9 Å². The van der Waals surface area contributed by atoms with Crippen molar-refractivity contribution in [3.63, 3.8) is 0 Å². The van der Waals surface area contributed by atoms with Crippen LogP contribution in [0.25, 0.3) is 0 Å². The first-order valence-corrected chi connectivity index (χ1v) is 6.50. The van der Waals surface area contributed by atoms with Gasteiger partial charge in [0.15, 0.2) is 0 Å². The summed E-state index contributed by atoms with van der Waals surface area (Å²) in [5, 5.41) is 0. The molecule has 5 heteroatoms. The number of carbonyl (C=O) groups excluding carboxylic acids is 2. The fourth-order valence-corrected chi connectivity index (χ4v) is 1.37.